The lowest BCUT2D eigenvalue weighted by Gasteiger charge is -1.98. The van der Waals surface area contributed by atoms with Gasteiger partial charge in [0, 0.05) is 16.7 Å². The molecular weight excluding hydrogens is 392 g/mol. The molecule has 4 nitrogen and oxygen atoms in total. The molecule has 0 saturated heterocycles. The fraction of sp³-hybridized carbons (Fsp3) is 0.0909. The van der Waals surface area contributed by atoms with Crippen LogP contribution in [0.2, 0.25) is 5.02 Å². The third kappa shape index (κ3) is 2.75. The predicted octanol–water partition coefficient (Wildman–Crippen LogP) is 4.99. The van der Waals surface area contributed by atoms with E-state index in [0.29, 0.717) is 26.0 Å². The molecule has 0 fully saturated rings. The Bertz CT molecular complexity index is 1480. The number of imidazole rings is 1. The quantitative estimate of drug-likeness (QED) is 0.415. The first kappa shape index (κ1) is 17.2. The van der Waals surface area contributed by atoms with E-state index in [1.165, 1.54) is 16.9 Å². The van der Waals surface area contributed by atoms with Gasteiger partial charge in [0.15, 0.2) is 4.96 Å². The minimum absolute atomic E-state index is 0.0774. The largest absolute Gasteiger partial charge is 0.457 e. The average molecular weight is 407 g/mol. The van der Waals surface area contributed by atoms with Crippen LogP contribution in [0, 0.1) is 13.8 Å². The molecule has 0 aliphatic heterocycles. The molecule has 28 heavy (non-hydrogen) atoms. The van der Waals surface area contributed by atoms with Gasteiger partial charge in [-0.1, -0.05) is 35.1 Å². The zero-order valence-corrected chi connectivity index (χ0v) is 16.8. The van der Waals surface area contributed by atoms with Gasteiger partial charge in [-0.3, -0.25) is 4.79 Å². The maximum Gasteiger partial charge on any atom is 0.275 e. The highest BCUT2D eigenvalue weighted by Gasteiger charge is 2.13. The average Bonchev–Trinajstić information content (AvgIpc) is 3.33. The van der Waals surface area contributed by atoms with Crippen LogP contribution in [0.4, 0.5) is 0 Å². The molecule has 0 aliphatic carbocycles. The molecule has 0 bridgehead atoms. The predicted molar refractivity (Wildman–Crippen MR) is 114 cm³/mol. The summed E-state index contributed by atoms with van der Waals surface area (Å²) in [5, 5.41) is 0.651. The molecule has 5 rings (SSSR count). The molecule has 0 atom stereocenters. The molecule has 0 amide bonds. The van der Waals surface area contributed by atoms with E-state index in [1.54, 1.807) is 10.5 Å². The Balaban J connectivity index is 1.64. The van der Waals surface area contributed by atoms with Crippen molar-refractivity contribution in [3.05, 3.63) is 85.3 Å². The van der Waals surface area contributed by atoms with Gasteiger partial charge in [-0.15, -0.1) is 0 Å². The van der Waals surface area contributed by atoms with Crippen LogP contribution in [0.3, 0.4) is 0 Å². The molecule has 0 radical (unpaired) electrons. The molecule has 138 valence electrons. The summed E-state index contributed by atoms with van der Waals surface area (Å²) in [6.45, 7) is 4.09. The van der Waals surface area contributed by atoms with Crippen LogP contribution in [0.15, 0.2) is 57.7 Å². The first-order valence-corrected chi connectivity index (χ1v) is 9.99. The number of hydrogen-bond donors (Lipinski definition) is 0. The highest BCUT2D eigenvalue weighted by atomic mass is 35.5. The normalized spacial score (nSPS) is 12.5. The van der Waals surface area contributed by atoms with Crippen molar-refractivity contribution >= 4 is 45.0 Å². The number of aromatic nitrogens is 2. The smallest absolute Gasteiger partial charge is 0.275 e. The van der Waals surface area contributed by atoms with Crippen LogP contribution >= 0.6 is 22.9 Å². The molecule has 5 aromatic rings. The number of thiazole rings is 1. The summed E-state index contributed by atoms with van der Waals surface area (Å²) in [7, 11) is 0. The summed E-state index contributed by atoms with van der Waals surface area (Å²) >= 11 is 7.42. The topological polar surface area (TPSA) is 47.5 Å². The van der Waals surface area contributed by atoms with E-state index >= 15 is 0 Å². The van der Waals surface area contributed by atoms with E-state index in [2.05, 4.69) is 4.98 Å². The van der Waals surface area contributed by atoms with Gasteiger partial charge in [-0.25, -0.2) is 9.38 Å². The summed E-state index contributed by atoms with van der Waals surface area (Å²) in [6, 6.07) is 15.2. The Hall–Kier alpha value is -2.89. The van der Waals surface area contributed by atoms with Crippen LogP contribution in [0.25, 0.3) is 33.4 Å². The Morgan fingerprint density at radius 3 is 2.75 bits per heavy atom. The van der Waals surface area contributed by atoms with Crippen LogP contribution in [-0.4, -0.2) is 9.38 Å². The van der Waals surface area contributed by atoms with E-state index in [9.17, 15) is 4.79 Å². The van der Waals surface area contributed by atoms with E-state index in [-0.39, 0.29) is 5.56 Å². The molecule has 0 spiro atoms. The number of aryl methyl sites for hydroxylation is 2. The van der Waals surface area contributed by atoms with Gasteiger partial charge >= 0.3 is 0 Å². The first-order valence-electron chi connectivity index (χ1n) is 8.79. The third-order valence-electron chi connectivity index (χ3n) is 4.86. The summed E-state index contributed by atoms with van der Waals surface area (Å²) in [6.07, 6.45) is 1.77. The monoisotopic (exact) mass is 406 g/mol. The Morgan fingerprint density at radius 1 is 1.11 bits per heavy atom. The zero-order chi connectivity index (χ0) is 19.4. The Kier molecular flexibility index (Phi) is 3.89. The Labute approximate surface area is 169 Å². The van der Waals surface area contributed by atoms with Gasteiger partial charge in [-0.2, -0.15) is 0 Å². The van der Waals surface area contributed by atoms with Crippen molar-refractivity contribution in [3.63, 3.8) is 0 Å². The molecular formula is C22H15ClN2O2S. The molecule has 0 aliphatic rings. The third-order valence-corrected chi connectivity index (χ3v) is 6.07. The zero-order valence-electron chi connectivity index (χ0n) is 15.2. The fourth-order valence-electron chi connectivity index (χ4n) is 3.28. The number of benzene rings is 2. The lowest BCUT2D eigenvalue weighted by Crippen LogP contribution is -2.22. The highest BCUT2D eigenvalue weighted by molar-refractivity contribution is 7.15. The van der Waals surface area contributed by atoms with Gasteiger partial charge in [0.25, 0.3) is 5.56 Å². The second-order valence-corrected chi connectivity index (χ2v) is 8.23. The number of furan rings is 1. The van der Waals surface area contributed by atoms with Crippen molar-refractivity contribution < 1.29 is 4.42 Å². The van der Waals surface area contributed by atoms with Gasteiger partial charge in [-0.05, 0) is 61.4 Å². The molecule has 2 aromatic carbocycles. The van der Waals surface area contributed by atoms with Crippen molar-refractivity contribution in [2.24, 2.45) is 0 Å². The SMILES string of the molecule is Cc1cc2nc3sc(=Cc4ccc(-c5cccc(Cl)c5)o4)c(=O)n3c2cc1C. The van der Waals surface area contributed by atoms with Gasteiger partial charge in [0.1, 0.15) is 16.1 Å². The lowest BCUT2D eigenvalue weighted by molar-refractivity contribution is 0.571. The number of halogens is 1. The fourth-order valence-corrected chi connectivity index (χ4v) is 4.43. The van der Waals surface area contributed by atoms with Crippen LogP contribution in [0.5, 0.6) is 0 Å². The van der Waals surface area contributed by atoms with Crippen molar-refractivity contribution in [3.8, 4) is 11.3 Å². The number of fused-ring (bicyclic) bond motifs is 3. The number of nitrogens with zero attached hydrogens (tertiary/aromatic N) is 2. The van der Waals surface area contributed by atoms with E-state index < -0.39 is 0 Å². The summed E-state index contributed by atoms with van der Waals surface area (Å²) in [4.78, 5) is 18.3. The van der Waals surface area contributed by atoms with Crippen molar-refractivity contribution in [1.82, 2.24) is 9.38 Å². The highest BCUT2D eigenvalue weighted by Crippen LogP contribution is 2.25. The molecule has 3 aromatic heterocycles. The van der Waals surface area contributed by atoms with Crippen molar-refractivity contribution in [1.29, 1.82) is 0 Å². The summed E-state index contributed by atoms with van der Waals surface area (Å²) < 4.78 is 8.17. The van der Waals surface area contributed by atoms with Gasteiger partial charge in [0.05, 0.1) is 11.0 Å². The maximum absolute atomic E-state index is 13.0. The van der Waals surface area contributed by atoms with E-state index in [4.69, 9.17) is 16.0 Å². The molecule has 3 heterocycles. The van der Waals surface area contributed by atoms with E-state index in [1.807, 2.05) is 62.4 Å². The molecule has 6 heteroatoms. The second kappa shape index (κ2) is 6.33. The van der Waals surface area contributed by atoms with E-state index in [0.717, 1.165) is 22.2 Å². The minimum Gasteiger partial charge on any atom is -0.457 e. The summed E-state index contributed by atoms with van der Waals surface area (Å²) in [5.41, 5.74) is 4.82. The maximum atomic E-state index is 13.0. The lowest BCUT2D eigenvalue weighted by atomic mass is 10.1. The first-order chi connectivity index (χ1) is 13.5. The van der Waals surface area contributed by atoms with Gasteiger partial charge in [0.2, 0.25) is 0 Å². The van der Waals surface area contributed by atoms with Crippen LogP contribution in [-0.2, 0) is 0 Å². The van der Waals surface area contributed by atoms with Crippen LogP contribution < -0.4 is 10.1 Å². The molecule has 0 saturated carbocycles. The number of rotatable bonds is 2. The number of hydrogen-bond acceptors (Lipinski definition) is 4. The molecule has 0 unspecified atom stereocenters. The second-order valence-electron chi connectivity index (χ2n) is 6.78. The molecule has 0 N–H and O–H groups in total. The summed E-state index contributed by atoms with van der Waals surface area (Å²) in [5.74, 6) is 1.33. The Morgan fingerprint density at radius 2 is 1.93 bits per heavy atom. The van der Waals surface area contributed by atoms with Crippen LogP contribution in [0.1, 0.15) is 16.9 Å². The van der Waals surface area contributed by atoms with Crippen molar-refractivity contribution in [2.75, 3.05) is 0 Å². The standard InChI is InChI=1S/C22H15ClN2O2S/c1-12-8-17-18(9-13(12)2)25-21(26)20(28-22(25)24-17)11-16-6-7-19(27-16)14-4-3-5-15(23)10-14/h3-11H,1-2H3. The van der Waals surface area contributed by atoms with Crippen molar-refractivity contribution in [2.45, 2.75) is 13.8 Å². The minimum atomic E-state index is -0.0774. The van der Waals surface area contributed by atoms with Gasteiger partial charge < -0.3 is 4.42 Å².